The predicted molar refractivity (Wildman–Crippen MR) is 90.6 cm³/mol. The van der Waals surface area contributed by atoms with Gasteiger partial charge in [-0.1, -0.05) is 0 Å². The van der Waals surface area contributed by atoms with E-state index >= 15 is 0 Å². The summed E-state index contributed by atoms with van der Waals surface area (Å²) in [5.74, 6) is -1.84. The molecule has 3 amide bonds. The number of non-ortho nitro benzene ring substituents is 2. The molecule has 136 valence electrons. The number of nitrogens with zero attached hydrogens (tertiary/aromatic N) is 3. The largest absolute Gasteiger partial charge is 0.322 e. The molecule has 0 radical (unpaired) electrons. The Hall–Kier alpha value is -4.15. The van der Waals surface area contributed by atoms with Gasteiger partial charge in [0, 0.05) is 24.9 Å². The molecule has 11 heteroatoms. The van der Waals surface area contributed by atoms with Gasteiger partial charge in [0.2, 0.25) is 0 Å². The van der Waals surface area contributed by atoms with Crippen molar-refractivity contribution in [3.05, 3.63) is 73.3 Å². The van der Waals surface area contributed by atoms with Crippen molar-refractivity contribution in [1.82, 2.24) is 4.90 Å². The van der Waals surface area contributed by atoms with Gasteiger partial charge in [0.05, 0.1) is 32.6 Å². The smallest absolute Gasteiger partial charge is 0.277 e. The van der Waals surface area contributed by atoms with Gasteiger partial charge in [-0.05, 0) is 18.2 Å². The third-order valence-corrected chi connectivity index (χ3v) is 3.93. The second kappa shape index (κ2) is 6.29. The summed E-state index contributed by atoms with van der Waals surface area (Å²) in [6, 6.07) is 6.59. The van der Waals surface area contributed by atoms with Crippen LogP contribution in [0.3, 0.4) is 0 Å². The molecule has 0 bridgehead atoms. The normalized spacial score (nSPS) is 12.7. The Labute approximate surface area is 150 Å². The molecule has 0 fully saturated rings. The van der Waals surface area contributed by atoms with E-state index in [0.717, 1.165) is 23.1 Å². The Bertz CT molecular complexity index is 1010. The summed E-state index contributed by atoms with van der Waals surface area (Å²) in [7, 11) is 1.32. The highest BCUT2D eigenvalue weighted by Gasteiger charge is 2.32. The fourth-order valence-corrected chi connectivity index (χ4v) is 2.58. The van der Waals surface area contributed by atoms with Crippen molar-refractivity contribution >= 4 is 34.8 Å². The first-order valence-electron chi connectivity index (χ1n) is 7.40. The molecule has 0 saturated carbocycles. The zero-order valence-electron chi connectivity index (χ0n) is 13.7. The molecule has 0 spiro atoms. The Morgan fingerprint density at radius 2 is 1.48 bits per heavy atom. The first-order valence-corrected chi connectivity index (χ1v) is 7.40. The van der Waals surface area contributed by atoms with Crippen LogP contribution in [-0.2, 0) is 0 Å². The minimum absolute atomic E-state index is 0.102. The number of nitro groups is 2. The molecule has 1 aliphatic heterocycles. The van der Waals surface area contributed by atoms with E-state index in [9.17, 15) is 34.6 Å². The topological polar surface area (TPSA) is 153 Å². The van der Waals surface area contributed by atoms with Crippen LogP contribution in [0, 0.1) is 20.2 Å². The molecule has 0 aliphatic carbocycles. The van der Waals surface area contributed by atoms with Crippen molar-refractivity contribution in [2.24, 2.45) is 0 Å². The van der Waals surface area contributed by atoms with Crippen LogP contribution < -0.4 is 5.32 Å². The van der Waals surface area contributed by atoms with Crippen LogP contribution in [0.4, 0.5) is 17.1 Å². The zero-order chi connectivity index (χ0) is 19.9. The maximum atomic E-state index is 12.4. The van der Waals surface area contributed by atoms with Crippen molar-refractivity contribution in [3.8, 4) is 0 Å². The van der Waals surface area contributed by atoms with Crippen LogP contribution in [0.5, 0.6) is 0 Å². The number of hydrogen-bond donors (Lipinski definition) is 1. The van der Waals surface area contributed by atoms with Crippen LogP contribution in [-0.4, -0.2) is 39.5 Å². The number of imide groups is 1. The number of hydrogen-bond acceptors (Lipinski definition) is 7. The highest BCUT2D eigenvalue weighted by Crippen LogP contribution is 2.26. The number of rotatable bonds is 4. The Morgan fingerprint density at radius 3 is 2.04 bits per heavy atom. The predicted octanol–water partition coefficient (Wildman–Crippen LogP) is 1.98. The Morgan fingerprint density at radius 1 is 0.926 bits per heavy atom. The van der Waals surface area contributed by atoms with E-state index in [1.807, 2.05) is 0 Å². The summed E-state index contributed by atoms with van der Waals surface area (Å²) in [5, 5.41) is 24.2. The second-order valence-electron chi connectivity index (χ2n) is 5.64. The van der Waals surface area contributed by atoms with Crippen molar-refractivity contribution in [1.29, 1.82) is 0 Å². The van der Waals surface area contributed by atoms with Gasteiger partial charge in [-0.2, -0.15) is 0 Å². The third-order valence-electron chi connectivity index (χ3n) is 3.93. The van der Waals surface area contributed by atoms with Crippen LogP contribution in [0.25, 0.3) is 0 Å². The van der Waals surface area contributed by atoms with Crippen molar-refractivity contribution in [2.45, 2.75) is 0 Å². The van der Waals surface area contributed by atoms with Crippen molar-refractivity contribution in [3.63, 3.8) is 0 Å². The fourth-order valence-electron chi connectivity index (χ4n) is 2.58. The molecule has 1 aliphatic rings. The van der Waals surface area contributed by atoms with Crippen LogP contribution in [0.15, 0.2) is 36.4 Å². The Kier molecular flexibility index (Phi) is 4.12. The summed E-state index contributed by atoms with van der Waals surface area (Å²) < 4.78 is 0. The second-order valence-corrected chi connectivity index (χ2v) is 5.64. The van der Waals surface area contributed by atoms with E-state index in [4.69, 9.17) is 0 Å². The third kappa shape index (κ3) is 3.08. The number of carbonyl (C=O) groups is 3. The minimum atomic E-state index is -0.848. The molecule has 3 rings (SSSR count). The molecule has 0 aromatic heterocycles. The van der Waals surface area contributed by atoms with E-state index in [-0.39, 0.29) is 22.4 Å². The van der Waals surface area contributed by atoms with E-state index in [1.165, 1.54) is 25.2 Å². The maximum absolute atomic E-state index is 12.4. The molecule has 0 unspecified atom stereocenters. The summed E-state index contributed by atoms with van der Waals surface area (Å²) in [6.45, 7) is 0. The van der Waals surface area contributed by atoms with Gasteiger partial charge < -0.3 is 5.32 Å². The van der Waals surface area contributed by atoms with Gasteiger partial charge in [-0.15, -0.1) is 0 Å². The fraction of sp³-hybridized carbons (Fsp3) is 0.0625. The summed E-state index contributed by atoms with van der Waals surface area (Å²) in [6.07, 6.45) is 0. The highest BCUT2D eigenvalue weighted by atomic mass is 16.6. The zero-order valence-corrected chi connectivity index (χ0v) is 13.7. The molecule has 1 N–H and O–H groups in total. The quantitative estimate of drug-likeness (QED) is 0.490. The van der Waals surface area contributed by atoms with Gasteiger partial charge in [0.25, 0.3) is 29.1 Å². The lowest BCUT2D eigenvalue weighted by molar-refractivity contribution is -0.394. The monoisotopic (exact) mass is 370 g/mol. The number of benzene rings is 2. The molecule has 2 aromatic rings. The van der Waals surface area contributed by atoms with Gasteiger partial charge in [0.1, 0.15) is 0 Å². The molecule has 0 saturated heterocycles. The molecule has 27 heavy (non-hydrogen) atoms. The van der Waals surface area contributed by atoms with Gasteiger partial charge in [-0.25, -0.2) is 0 Å². The van der Waals surface area contributed by atoms with Crippen LogP contribution in [0.2, 0.25) is 0 Å². The lowest BCUT2D eigenvalue weighted by Gasteiger charge is -2.06. The first kappa shape index (κ1) is 17.7. The molecule has 0 atom stereocenters. The van der Waals surface area contributed by atoms with E-state index < -0.39 is 38.9 Å². The average molecular weight is 370 g/mol. The number of carbonyl (C=O) groups excluding carboxylic acids is 3. The van der Waals surface area contributed by atoms with E-state index in [0.29, 0.717) is 0 Å². The van der Waals surface area contributed by atoms with Gasteiger partial charge in [-0.3, -0.25) is 39.5 Å². The van der Waals surface area contributed by atoms with Gasteiger partial charge in [0.15, 0.2) is 0 Å². The molecular weight excluding hydrogens is 360 g/mol. The SMILES string of the molecule is CN1C(=O)c2ccc(NC(=O)c3cc([N+](=O)[O-])cc([N+](=O)[O-])c3)cc2C1=O. The molecule has 2 aromatic carbocycles. The van der Waals surface area contributed by atoms with Crippen LogP contribution >= 0.6 is 0 Å². The number of anilines is 1. The maximum Gasteiger partial charge on any atom is 0.277 e. The summed E-state index contributed by atoms with van der Waals surface area (Å²) >= 11 is 0. The molecular formula is C16H10N4O7. The number of fused-ring (bicyclic) bond motifs is 1. The standard InChI is InChI=1S/C16H10N4O7/c1-18-15(22)12-3-2-9(6-13(12)16(18)23)17-14(21)8-4-10(19(24)25)7-11(5-8)20(26)27/h2-7H,1H3,(H,17,21). The number of nitrogens with one attached hydrogen (secondary N) is 1. The van der Waals surface area contributed by atoms with E-state index in [2.05, 4.69) is 5.32 Å². The number of amides is 3. The lowest BCUT2D eigenvalue weighted by Crippen LogP contribution is -2.24. The summed E-state index contributed by atoms with van der Waals surface area (Å²) in [4.78, 5) is 57.3. The lowest BCUT2D eigenvalue weighted by atomic mass is 10.1. The van der Waals surface area contributed by atoms with Crippen molar-refractivity contribution in [2.75, 3.05) is 12.4 Å². The highest BCUT2D eigenvalue weighted by molar-refractivity contribution is 6.21. The van der Waals surface area contributed by atoms with Crippen molar-refractivity contribution < 1.29 is 24.2 Å². The molecule has 11 nitrogen and oxygen atoms in total. The Balaban J connectivity index is 1.93. The number of nitro benzene ring substituents is 2. The summed E-state index contributed by atoms with van der Waals surface area (Å²) in [5.41, 5.74) is -1.06. The molecule has 1 heterocycles. The van der Waals surface area contributed by atoms with Crippen LogP contribution in [0.1, 0.15) is 31.1 Å². The minimum Gasteiger partial charge on any atom is -0.322 e. The van der Waals surface area contributed by atoms with E-state index in [1.54, 1.807) is 0 Å². The first-order chi connectivity index (χ1) is 12.7. The average Bonchev–Trinajstić information content (AvgIpc) is 2.85. The van der Waals surface area contributed by atoms with Gasteiger partial charge >= 0.3 is 0 Å².